The number of carboxylic acids is 1. The van der Waals surface area contributed by atoms with Crippen LogP contribution in [0.25, 0.3) is 0 Å². The van der Waals surface area contributed by atoms with Crippen molar-refractivity contribution in [2.45, 2.75) is 31.9 Å². The van der Waals surface area contributed by atoms with Gasteiger partial charge in [-0.1, -0.05) is 6.42 Å². The summed E-state index contributed by atoms with van der Waals surface area (Å²) in [4.78, 5) is 23.3. The van der Waals surface area contributed by atoms with E-state index in [1.54, 1.807) is 0 Å². The Hall–Kier alpha value is -0.400. The number of amides is 1. The summed E-state index contributed by atoms with van der Waals surface area (Å²) in [6.45, 7) is 0.420. The molecule has 1 aliphatic rings. The Kier molecular flexibility index (Phi) is 5.61. The number of aliphatic carboxylic acids is 1. The van der Waals surface area contributed by atoms with Crippen LogP contribution in [0.1, 0.15) is 25.7 Å². The summed E-state index contributed by atoms with van der Waals surface area (Å²) < 4.78 is 0.781. The molecule has 0 bridgehead atoms. The van der Waals surface area contributed by atoms with Crippen LogP contribution in [0.15, 0.2) is 8.96 Å². The molecule has 5 nitrogen and oxygen atoms in total. The Bertz CT molecular complexity index is 356. The molecule has 0 fully saturated rings. The number of unbranched alkanes of at least 4 members (excludes halogenated alkanes) is 2. The van der Waals surface area contributed by atoms with Crippen molar-refractivity contribution in [1.29, 1.82) is 0 Å². The van der Waals surface area contributed by atoms with E-state index in [4.69, 9.17) is 5.11 Å². The Morgan fingerprint density at radius 1 is 1.29 bits per heavy atom. The van der Waals surface area contributed by atoms with Crippen LogP contribution in [0, 0.1) is 0 Å². The molecule has 1 heterocycles. The Morgan fingerprint density at radius 2 is 1.94 bits per heavy atom. The number of carboxylic acid groups (broad SMARTS) is 1. The van der Waals surface area contributed by atoms with Crippen molar-refractivity contribution >= 4 is 43.7 Å². The van der Waals surface area contributed by atoms with Crippen LogP contribution >= 0.6 is 31.9 Å². The van der Waals surface area contributed by atoms with Crippen LogP contribution in [0.3, 0.4) is 0 Å². The fourth-order valence-corrected chi connectivity index (χ4v) is 2.40. The van der Waals surface area contributed by atoms with Crippen molar-refractivity contribution in [1.82, 2.24) is 4.90 Å². The molecule has 0 aromatic rings. The largest absolute Gasteiger partial charge is 0.481 e. The summed E-state index contributed by atoms with van der Waals surface area (Å²) in [5.74, 6) is -1.06. The third-order valence-corrected chi connectivity index (χ3v) is 4.57. The first-order chi connectivity index (χ1) is 7.95. The maximum absolute atomic E-state index is 11.6. The molecular formula is C10H13Br2NO4. The molecule has 0 aliphatic carbocycles. The van der Waals surface area contributed by atoms with Gasteiger partial charge in [-0.05, 0) is 44.7 Å². The van der Waals surface area contributed by atoms with Crippen LogP contribution < -0.4 is 0 Å². The van der Waals surface area contributed by atoms with E-state index < -0.39 is 12.2 Å². The second kappa shape index (κ2) is 6.51. The van der Waals surface area contributed by atoms with Crippen molar-refractivity contribution in [3.05, 3.63) is 8.96 Å². The van der Waals surface area contributed by atoms with Crippen molar-refractivity contribution in [3.63, 3.8) is 0 Å². The SMILES string of the molecule is O=C(O)CCCCCN1C(=O)C(Br)=C(Br)C1O. The number of nitrogens with zero attached hydrogens (tertiary/aromatic N) is 1. The molecule has 0 aromatic carbocycles. The predicted octanol–water partition coefficient (Wildman–Crippen LogP) is 1.79. The third kappa shape index (κ3) is 3.79. The van der Waals surface area contributed by atoms with Gasteiger partial charge >= 0.3 is 5.97 Å². The molecule has 0 aromatic heterocycles. The molecule has 17 heavy (non-hydrogen) atoms. The first-order valence-electron chi connectivity index (χ1n) is 5.21. The normalized spacial score (nSPS) is 20.3. The average Bonchev–Trinajstić information content (AvgIpc) is 2.45. The van der Waals surface area contributed by atoms with Crippen molar-refractivity contribution < 1.29 is 19.8 Å². The minimum atomic E-state index is -0.934. The van der Waals surface area contributed by atoms with Crippen LogP contribution in [-0.2, 0) is 9.59 Å². The highest BCUT2D eigenvalue weighted by atomic mass is 79.9. The lowest BCUT2D eigenvalue weighted by Crippen LogP contribution is -2.35. The van der Waals surface area contributed by atoms with E-state index in [-0.39, 0.29) is 12.3 Å². The van der Waals surface area contributed by atoms with E-state index >= 15 is 0 Å². The zero-order chi connectivity index (χ0) is 13.0. The summed E-state index contributed by atoms with van der Waals surface area (Å²) in [7, 11) is 0. The Morgan fingerprint density at radius 3 is 2.41 bits per heavy atom. The standard InChI is InChI=1S/C10H13Br2NO4/c11-7-8(12)10(17)13(9(7)16)5-3-1-2-4-6(14)15/h9,16H,1-5H2,(H,14,15). The molecule has 0 radical (unpaired) electrons. The molecule has 0 spiro atoms. The lowest BCUT2D eigenvalue weighted by molar-refractivity contribution is -0.137. The summed E-state index contributed by atoms with van der Waals surface area (Å²) >= 11 is 6.23. The lowest BCUT2D eigenvalue weighted by Gasteiger charge is -2.20. The summed E-state index contributed by atoms with van der Waals surface area (Å²) in [6.07, 6.45) is 1.19. The topological polar surface area (TPSA) is 77.8 Å². The molecule has 7 heteroatoms. The van der Waals surface area contributed by atoms with Gasteiger partial charge in [-0.2, -0.15) is 0 Å². The molecule has 0 saturated heterocycles. The molecule has 96 valence electrons. The number of rotatable bonds is 6. The van der Waals surface area contributed by atoms with Crippen LogP contribution in [0.5, 0.6) is 0 Å². The first-order valence-corrected chi connectivity index (χ1v) is 6.79. The highest BCUT2D eigenvalue weighted by Gasteiger charge is 2.35. The maximum Gasteiger partial charge on any atom is 0.303 e. The third-order valence-electron chi connectivity index (χ3n) is 2.47. The molecular weight excluding hydrogens is 358 g/mol. The van der Waals surface area contributed by atoms with Crippen LogP contribution in [0.4, 0.5) is 0 Å². The number of hydrogen-bond acceptors (Lipinski definition) is 3. The molecule has 1 atom stereocenters. The molecule has 1 rings (SSSR count). The number of aliphatic hydroxyl groups is 1. The van der Waals surface area contributed by atoms with Gasteiger partial charge in [-0.3, -0.25) is 9.59 Å². The van der Waals surface area contributed by atoms with E-state index in [0.29, 0.717) is 28.4 Å². The molecule has 1 unspecified atom stereocenters. The fourth-order valence-electron chi connectivity index (χ4n) is 1.55. The van der Waals surface area contributed by atoms with E-state index in [1.807, 2.05) is 0 Å². The maximum atomic E-state index is 11.6. The van der Waals surface area contributed by atoms with Gasteiger partial charge in [0.05, 0.1) is 8.96 Å². The number of aliphatic hydroxyl groups excluding tert-OH is 1. The molecule has 1 aliphatic heterocycles. The highest BCUT2D eigenvalue weighted by molar-refractivity contribution is 9.14. The van der Waals surface area contributed by atoms with E-state index in [1.165, 1.54) is 4.90 Å². The number of hydrogen-bond donors (Lipinski definition) is 2. The minimum Gasteiger partial charge on any atom is -0.481 e. The van der Waals surface area contributed by atoms with E-state index in [0.717, 1.165) is 6.42 Å². The van der Waals surface area contributed by atoms with E-state index in [9.17, 15) is 14.7 Å². The summed E-state index contributed by atoms with van der Waals surface area (Å²) in [5, 5.41) is 18.2. The number of carbonyl (C=O) groups is 2. The van der Waals surface area contributed by atoms with Gasteiger partial charge in [-0.25, -0.2) is 0 Å². The average molecular weight is 371 g/mol. The van der Waals surface area contributed by atoms with Gasteiger partial charge in [0.2, 0.25) is 0 Å². The quantitative estimate of drug-likeness (QED) is 0.699. The van der Waals surface area contributed by atoms with Gasteiger partial charge in [0, 0.05) is 13.0 Å². The molecule has 2 N–H and O–H groups in total. The van der Waals surface area contributed by atoms with Gasteiger partial charge in [0.25, 0.3) is 5.91 Å². The van der Waals surface area contributed by atoms with E-state index in [2.05, 4.69) is 31.9 Å². The van der Waals surface area contributed by atoms with Crippen molar-refractivity contribution in [3.8, 4) is 0 Å². The molecule has 1 amide bonds. The van der Waals surface area contributed by atoms with Gasteiger partial charge in [0.1, 0.15) is 0 Å². The Balaban J connectivity index is 2.30. The second-order valence-corrected chi connectivity index (χ2v) is 5.39. The zero-order valence-electron chi connectivity index (χ0n) is 9.03. The van der Waals surface area contributed by atoms with Gasteiger partial charge < -0.3 is 15.1 Å². The second-order valence-electron chi connectivity index (χ2n) is 3.74. The zero-order valence-corrected chi connectivity index (χ0v) is 12.2. The minimum absolute atomic E-state index is 0.141. The van der Waals surface area contributed by atoms with Crippen molar-refractivity contribution in [2.24, 2.45) is 0 Å². The predicted molar refractivity (Wildman–Crippen MR) is 68.7 cm³/mol. The lowest BCUT2D eigenvalue weighted by atomic mass is 10.2. The van der Waals surface area contributed by atoms with Crippen LogP contribution in [-0.4, -0.2) is 39.8 Å². The van der Waals surface area contributed by atoms with Gasteiger partial charge in [0.15, 0.2) is 6.23 Å². The summed E-state index contributed by atoms with van der Waals surface area (Å²) in [5.41, 5.74) is 0. The monoisotopic (exact) mass is 369 g/mol. The molecule has 0 saturated carbocycles. The smallest absolute Gasteiger partial charge is 0.303 e. The first kappa shape index (κ1) is 14.7. The fraction of sp³-hybridized carbons (Fsp3) is 0.600. The van der Waals surface area contributed by atoms with Crippen molar-refractivity contribution in [2.75, 3.05) is 6.54 Å². The summed E-state index contributed by atoms with van der Waals surface area (Å²) in [6, 6.07) is 0. The number of carbonyl (C=O) groups excluding carboxylic acids is 1. The van der Waals surface area contributed by atoms with Crippen LogP contribution in [0.2, 0.25) is 0 Å². The van der Waals surface area contributed by atoms with Gasteiger partial charge in [-0.15, -0.1) is 0 Å². The highest BCUT2D eigenvalue weighted by Crippen LogP contribution is 2.32. The Labute approximate surface area is 116 Å². The number of halogens is 2.